The fourth-order valence-electron chi connectivity index (χ4n) is 3.66. The summed E-state index contributed by atoms with van der Waals surface area (Å²) in [5.74, 6) is -0.577. The molecular weight excluding hydrogens is 406 g/mol. The van der Waals surface area contributed by atoms with Crippen molar-refractivity contribution in [2.24, 2.45) is 0 Å². The zero-order chi connectivity index (χ0) is 21.5. The Morgan fingerprint density at radius 2 is 1.81 bits per heavy atom. The van der Waals surface area contributed by atoms with Crippen LogP contribution in [0.3, 0.4) is 0 Å². The maximum absolute atomic E-state index is 12.8. The van der Waals surface area contributed by atoms with Crippen molar-refractivity contribution in [1.82, 2.24) is 10.6 Å². The summed E-state index contributed by atoms with van der Waals surface area (Å²) in [5.41, 5.74) is 3.45. The number of nitrogens with one attached hydrogen (secondary N) is 2. The Bertz CT molecular complexity index is 1060. The molecule has 6 heteroatoms. The van der Waals surface area contributed by atoms with Crippen molar-refractivity contribution >= 4 is 34.9 Å². The Hall–Kier alpha value is -3.38. The van der Waals surface area contributed by atoms with Crippen LogP contribution in [0.2, 0.25) is 0 Å². The second-order valence-corrected chi connectivity index (χ2v) is 8.35. The molecular formula is C25H25N3O2S. The number of hydrogen-bond donors (Lipinski definition) is 2. The topological polar surface area (TPSA) is 61.4 Å². The summed E-state index contributed by atoms with van der Waals surface area (Å²) in [5, 5.41) is 7.67. The van der Waals surface area contributed by atoms with Crippen LogP contribution in [0.25, 0.3) is 6.08 Å². The molecule has 0 saturated carbocycles. The molecule has 0 spiro atoms. The molecule has 2 N–H and O–H groups in total. The summed E-state index contributed by atoms with van der Waals surface area (Å²) in [7, 11) is 0. The highest BCUT2D eigenvalue weighted by Gasteiger charge is 2.18. The van der Waals surface area contributed by atoms with E-state index in [-0.39, 0.29) is 17.5 Å². The number of rotatable bonds is 8. The third-order valence-electron chi connectivity index (χ3n) is 5.23. The van der Waals surface area contributed by atoms with Crippen molar-refractivity contribution in [3.05, 3.63) is 93.8 Å². The lowest BCUT2D eigenvalue weighted by atomic mass is 10.2. The van der Waals surface area contributed by atoms with Gasteiger partial charge >= 0.3 is 0 Å². The van der Waals surface area contributed by atoms with Crippen LogP contribution >= 0.6 is 11.3 Å². The molecule has 31 heavy (non-hydrogen) atoms. The van der Waals surface area contributed by atoms with Crippen molar-refractivity contribution < 1.29 is 9.59 Å². The highest BCUT2D eigenvalue weighted by atomic mass is 32.1. The van der Waals surface area contributed by atoms with Crippen molar-refractivity contribution in [1.29, 1.82) is 0 Å². The molecule has 1 aromatic heterocycles. The first-order valence-electron chi connectivity index (χ1n) is 10.4. The molecule has 5 nitrogen and oxygen atoms in total. The Labute approximate surface area is 186 Å². The number of carbonyl (C=O) groups is 2. The molecule has 0 bridgehead atoms. The second kappa shape index (κ2) is 10.1. The fraction of sp³-hybridized carbons (Fsp3) is 0.200. The third-order valence-corrected chi connectivity index (χ3v) is 6.05. The number of hydrogen-bond acceptors (Lipinski definition) is 4. The van der Waals surface area contributed by atoms with Gasteiger partial charge in [0.05, 0.1) is 0 Å². The van der Waals surface area contributed by atoms with Gasteiger partial charge in [0.15, 0.2) is 0 Å². The van der Waals surface area contributed by atoms with Gasteiger partial charge in [-0.25, -0.2) is 0 Å². The summed E-state index contributed by atoms with van der Waals surface area (Å²) in [4.78, 5) is 28.7. The highest BCUT2D eigenvalue weighted by molar-refractivity contribution is 7.10. The van der Waals surface area contributed by atoms with Crippen molar-refractivity contribution in [2.45, 2.75) is 12.8 Å². The third kappa shape index (κ3) is 5.41. The molecule has 1 aliphatic rings. The van der Waals surface area contributed by atoms with Crippen LogP contribution in [-0.2, 0) is 11.2 Å². The van der Waals surface area contributed by atoms with Crippen molar-refractivity contribution in [3.63, 3.8) is 0 Å². The molecule has 0 unspecified atom stereocenters. The number of amides is 2. The average Bonchev–Trinajstić information content (AvgIpc) is 3.46. The summed E-state index contributed by atoms with van der Waals surface area (Å²) < 4.78 is 0. The van der Waals surface area contributed by atoms with Crippen LogP contribution in [0, 0.1) is 0 Å². The Balaban J connectivity index is 1.34. The maximum atomic E-state index is 12.8. The smallest absolute Gasteiger partial charge is 0.267 e. The van der Waals surface area contributed by atoms with E-state index in [0.717, 1.165) is 30.8 Å². The summed E-state index contributed by atoms with van der Waals surface area (Å²) in [6, 6.07) is 21.2. The normalized spacial score (nSPS) is 13.0. The van der Waals surface area contributed by atoms with E-state index in [1.807, 2.05) is 23.6 Å². The lowest BCUT2D eigenvalue weighted by Gasteiger charge is -2.19. The van der Waals surface area contributed by atoms with E-state index in [2.05, 4.69) is 39.8 Å². The van der Waals surface area contributed by atoms with Gasteiger partial charge in [-0.3, -0.25) is 9.59 Å². The monoisotopic (exact) mass is 431 g/mol. The number of carbonyl (C=O) groups excluding carboxylic acids is 2. The molecule has 1 aliphatic heterocycles. The van der Waals surface area contributed by atoms with Gasteiger partial charge < -0.3 is 15.5 Å². The van der Waals surface area contributed by atoms with Crippen molar-refractivity contribution in [3.8, 4) is 0 Å². The van der Waals surface area contributed by atoms with Crippen LogP contribution in [0.4, 0.5) is 5.69 Å². The number of thiophene rings is 1. The van der Waals surface area contributed by atoms with E-state index in [4.69, 9.17) is 0 Å². The van der Waals surface area contributed by atoms with Gasteiger partial charge in [0.1, 0.15) is 5.70 Å². The molecule has 2 aromatic carbocycles. The molecule has 0 radical (unpaired) electrons. The molecule has 2 heterocycles. The van der Waals surface area contributed by atoms with Crippen LogP contribution in [-0.4, -0.2) is 31.4 Å². The van der Waals surface area contributed by atoms with Gasteiger partial charge in [0.25, 0.3) is 11.8 Å². The fourth-order valence-corrected chi connectivity index (χ4v) is 4.32. The maximum Gasteiger partial charge on any atom is 0.267 e. The van der Waals surface area contributed by atoms with E-state index in [1.165, 1.54) is 22.6 Å². The molecule has 0 atom stereocenters. The predicted molar refractivity (Wildman–Crippen MR) is 126 cm³/mol. The SMILES string of the molecule is O=C(NCCCN1CCc2ccccc21)/C(=C/c1cccs1)NC(=O)c1ccccc1. The van der Waals surface area contributed by atoms with Crippen LogP contribution < -0.4 is 15.5 Å². The highest BCUT2D eigenvalue weighted by Crippen LogP contribution is 2.27. The van der Waals surface area contributed by atoms with Gasteiger partial charge in [-0.05, 0) is 54.1 Å². The summed E-state index contributed by atoms with van der Waals surface area (Å²) in [6.45, 7) is 2.45. The lowest BCUT2D eigenvalue weighted by molar-refractivity contribution is -0.117. The summed E-state index contributed by atoms with van der Waals surface area (Å²) >= 11 is 1.52. The van der Waals surface area contributed by atoms with Gasteiger partial charge in [0.2, 0.25) is 0 Å². The first-order chi connectivity index (χ1) is 15.2. The van der Waals surface area contributed by atoms with Gasteiger partial charge in [-0.2, -0.15) is 0 Å². The number of anilines is 1. The number of nitrogens with zero attached hydrogens (tertiary/aromatic N) is 1. The largest absolute Gasteiger partial charge is 0.371 e. The van der Waals surface area contributed by atoms with Crippen LogP contribution in [0.1, 0.15) is 27.2 Å². The van der Waals surface area contributed by atoms with Crippen LogP contribution in [0.5, 0.6) is 0 Å². The minimum atomic E-state index is -0.299. The number of para-hydroxylation sites is 1. The lowest BCUT2D eigenvalue weighted by Crippen LogP contribution is -2.36. The zero-order valence-electron chi connectivity index (χ0n) is 17.2. The second-order valence-electron chi connectivity index (χ2n) is 7.37. The van der Waals surface area contributed by atoms with Crippen molar-refractivity contribution in [2.75, 3.05) is 24.5 Å². The van der Waals surface area contributed by atoms with E-state index in [9.17, 15) is 9.59 Å². The molecule has 158 valence electrons. The molecule has 0 saturated heterocycles. The molecule has 2 amide bonds. The predicted octanol–water partition coefficient (Wildman–Crippen LogP) is 4.09. The molecule has 4 rings (SSSR count). The van der Waals surface area contributed by atoms with Gasteiger partial charge in [-0.1, -0.05) is 42.5 Å². The van der Waals surface area contributed by atoms with Gasteiger partial charge in [0, 0.05) is 35.8 Å². The molecule has 0 fully saturated rings. The standard InChI is InChI=1S/C25H25N3O2S/c29-24(20-9-2-1-3-10-20)27-22(18-21-11-6-17-31-21)25(30)26-14-7-15-28-16-13-19-8-4-5-12-23(19)28/h1-6,8-12,17-18H,7,13-16H2,(H,26,30)(H,27,29)/b22-18-. The van der Waals surface area contributed by atoms with E-state index in [0.29, 0.717) is 12.1 Å². The number of fused-ring (bicyclic) bond motifs is 1. The number of benzene rings is 2. The minimum Gasteiger partial charge on any atom is -0.371 e. The Morgan fingerprint density at radius 1 is 1.00 bits per heavy atom. The first kappa shape index (κ1) is 20.9. The average molecular weight is 432 g/mol. The summed E-state index contributed by atoms with van der Waals surface area (Å²) in [6.07, 6.45) is 3.62. The Morgan fingerprint density at radius 3 is 2.61 bits per heavy atom. The van der Waals surface area contributed by atoms with E-state index < -0.39 is 0 Å². The van der Waals surface area contributed by atoms with E-state index >= 15 is 0 Å². The van der Waals surface area contributed by atoms with Gasteiger partial charge in [-0.15, -0.1) is 11.3 Å². The minimum absolute atomic E-state index is 0.253. The quantitative estimate of drug-likeness (QED) is 0.417. The first-order valence-corrected chi connectivity index (χ1v) is 11.3. The molecule has 3 aromatic rings. The van der Waals surface area contributed by atoms with Crippen LogP contribution in [0.15, 0.2) is 77.8 Å². The molecule has 0 aliphatic carbocycles. The Kier molecular flexibility index (Phi) is 6.79. The van der Waals surface area contributed by atoms with E-state index in [1.54, 1.807) is 30.3 Å². The zero-order valence-corrected chi connectivity index (χ0v) is 18.0.